The van der Waals surface area contributed by atoms with Gasteiger partial charge in [-0.05, 0) is 0 Å². The summed E-state index contributed by atoms with van der Waals surface area (Å²) >= 11 is 0. The van der Waals surface area contributed by atoms with Gasteiger partial charge in [-0.15, -0.1) is 30.9 Å². The molecule has 0 radical (unpaired) electrons. The van der Waals surface area contributed by atoms with Crippen LogP contribution in [-0.2, 0) is 25.8 Å². The Morgan fingerprint density at radius 3 is 1.50 bits per heavy atom. The third-order valence-corrected chi connectivity index (χ3v) is 0.612. The minimum atomic E-state index is 0. The molecule has 4 heteroatoms. The quantitative estimate of drug-likeness (QED) is 0.663. The molecule has 0 aliphatic heterocycles. The van der Waals surface area contributed by atoms with E-state index in [0.29, 0.717) is 0 Å². The normalized spacial score (nSPS) is 9.38. The first-order chi connectivity index (χ1) is 2.27. The van der Waals surface area contributed by atoms with E-state index in [-0.39, 0.29) is 56.7 Å². The van der Waals surface area contributed by atoms with Crippen molar-refractivity contribution in [1.82, 2.24) is 0 Å². The second kappa shape index (κ2) is 15.8. The van der Waals surface area contributed by atoms with Crippen LogP contribution < -0.4 is 0 Å². The molecule has 8 heavy (non-hydrogen) atoms. The Labute approximate surface area is 82.4 Å². The van der Waals surface area contributed by atoms with Gasteiger partial charge < -0.3 is 5.73 Å². The molecular formula is C4H12Cl2HfN-. The second-order valence-electron chi connectivity index (χ2n) is 1.31. The molecule has 0 aromatic rings. The molecule has 52 valence electrons. The first kappa shape index (κ1) is 22.7. The van der Waals surface area contributed by atoms with E-state index in [2.05, 4.69) is 0 Å². The van der Waals surface area contributed by atoms with E-state index in [1.807, 2.05) is 13.8 Å². The molecule has 1 nitrogen and oxygen atoms in total. The van der Waals surface area contributed by atoms with Crippen LogP contribution in [0.4, 0.5) is 0 Å². The van der Waals surface area contributed by atoms with Gasteiger partial charge in [0, 0.05) is 25.8 Å². The molecule has 0 aliphatic rings. The summed E-state index contributed by atoms with van der Waals surface area (Å²) in [6.07, 6.45) is 0.972. The number of hydrogen-bond donors (Lipinski definition) is 0. The van der Waals surface area contributed by atoms with Crippen LogP contribution in [0.25, 0.3) is 5.73 Å². The van der Waals surface area contributed by atoms with E-state index in [1.54, 1.807) is 0 Å². The van der Waals surface area contributed by atoms with Crippen molar-refractivity contribution in [3.05, 3.63) is 5.73 Å². The maximum absolute atomic E-state index is 6.83. The van der Waals surface area contributed by atoms with Gasteiger partial charge in [-0.2, -0.15) is 0 Å². The minimum Gasteiger partial charge on any atom is -0.675 e. The van der Waals surface area contributed by atoms with Crippen LogP contribution in [0.1, 0.15) is 20.3 Å². The fraction of sp³-hybridized carbons (Fsp3) is 1.00. The zero-order chi connectivity index (χ0) is 4.28. The Hall–Kier alpha value is 1.41. The average molecular weight is 324 g/mol. The number of nitrogens with one attached hydrogen (secondary N) is 1. The average Bonchev–Trinajstić information content (AvgIpc) is 1.38. The molecule has 0 rings (SSSR count). The molecule has 1 unspecified atom stereocenters. The third kappa shape index (κ3) is 26.2. The van der Waals surface area contributed by atoms with Crippen LogP contribution >= 0.6 is 24.8 Å². The molecule has 0 bridgehead atoms. The Morgan fingerprint density at radius 2 is 1.50 bits per heavy atom. The molecule has 0 aromatic heterocycles. The van der Waals surface area contributed by atoms with Crippen molar-refractivity contribution < 1.29 is 25.8 Å². The van der Waals surface area contributed by atoms with E-state index in [1.165, 1.54) is 0 Å². The summed E-state index contributed by atoms with van der Waals surface area (Å²) in [6, 6.07) is 0.134. The van der Waals surface area contributed by atoms with Crippen LogP contribution in [0, 0.1) is 0 Å². The van der Waals surface area contributed by atoms with E-state index in [4.69, 9.17) is 5.73 Å². The van der Waals surface area contributed by atoms with E-state index < -0.39 is 0 Å². The first-order valence-corrected chi connectivity index (χ1v) is 1.98. The summed E-state index contributed by atoms with van der Waals surface area (Å²) in [5.74, 6) is 0. The molecule has 1 N–H and O–H groups in total. The van der Waals surface area contributed by atoms with E-state index in [0.717, 1.165) is 6.42 Å². The van der Waals surface area contributed by atoms with Gasteiger partial charge in [0.15, 0.2) is 0 Å². The largest absolute Gasteiger partial charge is 0.675 e. The van der Waals surface area contributed by atoms with Gasteiger partial charge in [0.2, 0.25) is 0 Å². The maximum Gasteiger partial charge on any atom is 0 e. The summed E-state index contributed by atoms with van der Waals surface area (Å²) in [6.45, 7) is 3.90. The molecule has 0 fully saturated rings. The Bertz CT molecular complexity index is 28.0. The predicted molar refractivity (Wildman–Crippen MR) is 38.6 cm³/mol. The van der Waals surface area contributed by atoms with Gasteiger partial charge in [-0.25, -0.2) is 0 Å². The Kier molecular flexibility index (Phi) is 44.8. The molecule has 0 amide bonds. The van der Waals surface area contributed by atoms with Crippen LogP contribution in [0.15, 0.2) is 0 Å². The summed E-state index contributed by atoms with van der Waals surface area (Å²) in [5.41, 5.74) is 6.83. The molecule has 0 heterocycles. The van der Waals surface area contributed by atoms with Crippen LogP contribution in [-0.4, -0.2) is 6.04 Å². The fourth-order valence-electron chi connectivity index (χ4n) is 0. The zero-order valence-corrected chi connectivity index (χ0v) is 10.3. The standard InChI is InChI=1S/C4H10N.2ClH.Hf/c1-3-4(2)5;;;/h4-5H,3H2,1-2H3;2*1H;/q-1;;;. The summed E-state index contributed by atoms with van der Waals surface area (Å²) in [7, 11) is 0. The number of hydrogen-bond acceptors (Lipinski definition) is 0. The summed E-state index contributed by atoms with van der Waals surface area (Å²) < 4.78 is 0. The van der Waals surface area contributed by atoms with Crippen molar-refractivity contribution in [2.45, 2.75) is 26.3 Å². The summed E-state index contributed by atoms with van der Waals surface area (Å²) in [5, 5.41) is 0. The number of halogens is 2. The van der Waals surface area contributed by atoms with Gasteiger partial charge in [0.05, 0.1) is 0 Å². The van der Waals surface area contributed by atoms with Crippen molar-refractivity contribution in [3.8, 4) is 0 Å². The van der Waals surface area contributed by atoms with Crippen LogP contribution in [0.5, 0.6) is 0 Å². The minimum absolute atomic E-state index is 0. The van der Waals surface area contributed by atoms with Gasteiger partial charge in [-0.1, -0.05) is 20.3 Å². The van der Waals surface area contributed by atoms with Crippen LogP contribution in [0.2, 0.25) is 0 Å². The van der Waals surface area contributed by atoms with Gasteiger partial charge >= 0.3 is 0 Å². The van der Waals surface area contributed by atoms with Crippen molar-refractivity contribution in [1.29, 1.82) is 0 Å². The molecule has 0 saturated heterocycles. The third-order valence-electron chi connectivity index (χ3n) is 0.612. The molecule has 0 saturated carbocycles. The molecular weight excluding hydrogens is 311 g/mol. The van der Waals surface area contributed by atoms with Gasteiger partial charge in [0.25, 0.3) is 0 Å². The Balaban J connectivity index is -0.0000000267. The van der Waals surface area contributed by atoms with Crippen molar-refractivity contribution >= 4 is 24.8 Å². The molecule has 0 aromatic carbocycles. The number of rotatable bonds is 1. The smallest absolute Gasteiger partial charge is 0 e. The van der Waals surface area contributed by atoms with Crippen molar-refractivity contribution in [3.63, 3.8) is 0 Å². The molecule has 0 spiro atoms. The molecule has 1 atom stereocenters. The monoisotopic (exact) mass is 324 g/mol. The van der Waals surface area contributed by atoms with E-state index in [9.17, 15) is 0 Å². The second-order valence-corrected chi connectivity index (χ2v) is 1.31. The van der Waals surface area contributed by atoms with Crippen LogP contribution in [0.3, 0.4) is 0 Å². The topological polar surface area (TPSA) is 23.8 Å². The Morgan fingerprint density at radius 1 is 1.38 bits per heavy atom. The summed E-state index contributed by atoms with van der Waals surface area (Å²) in [4.78, 5) is 0. The fourth-order valence-corrected chi connectivity index (χ4v) is 0. The first-order valence-electron chi connectivity index (χ1n) is 1.98. The zero-order valence-electron chi connectivity index (χ0n) is 5.10. The molecule has 0 aliphatic carbocycles. The predicted octanol–water partition coefficient (Wildman–Crippen LogP) is 2.68. The van der Waals surface area contributed by atoms with E-state index >= 15 is 0 Å². The maximum atomic E-state index is 6.83. The van der Waals surface area contributed by atoms with Gasteiger partial charge in [0.1, 0.15) is 0 Å². The van der Waals surface area contributed by atoms with Gasteiger partial charge in [-0.3, -0.25) is 0 Å². The van der Waals surface area contributed by atoms with Crippen molar-refractivity contribution in [2.75, 3.05) is 0 Å². The SMILES string of the molecule is CCC(C)[NH-].Cl.Cl.[Hf]. The van der Waals surface area contributed by atoms with Crippen molar-refractivity contribution in [2.24, 2.45) is 0 Å².